The van der Waals surface area contributed by atoms with Gasteiger partial charge in [0, 0.05) is 5.75 Å². The number of hydrogen-bond acceptors (Lipinski definition) is 7. The van der Waals surface area contributed by atoms with E-state index in [1.807, 2.05) is 24.3 Å². The first-order valence-electron chi connectivity index (χ1n) is 6.53. The summed E-state index contributed by atoms with van der Waals surface area (Å²) in [6.07, 6.45) is 1.15. The predicted octanol–water partition coefficient (Wildman–Crippen LogP) is 2.59. The Bertz CT molecular complexity index is 689. The van der Waals surface area contributed by atoms with Gasteiger partial charge in [0.25, 0.3) is 0 Å². The fraction of sp³-hybridized carbons (Fsp3) is 0.214. The molecule has 1 aromatic heterocycles. The molecule has 2 heterocycles. The molecule has 1 amide bonds. The van der Waals surface area contributed by atoms with E-state index in [9.17, 15) is 4.79 Å². The molecule has 2 aromatic rings. The van der Waals surface area contributed by atoms with Gasteiger partial charge in [-0.1, -0.05) is 41.8 Å². The molecule has 0 fully saturated rings. The van der Waals surface area contributed by atoms with Crippen molar-refractivity contribution in [3.63, 3.8) is 0 Å². The first-order valence-corrected chi connectivity index (χ1v) is 8.33. The lowest BCUT2D eigenvalue weighted by molar-refractivity contribution is -0.111. The lowest BCUT2D eigenvalue weighted by atomic mass is 10.3. The van der Waals surface area contributed by atoms with Crippen molar-refractivity contribution < 1.29 is 14.3 Å². The maximum absolute atomic E-state index is 11.2. The lowest BCUT2D eigenvalue weighted by Crippen LogP contribution is -2.31. The largest absolute Gasteiger partial charge is 0.486 e. The van der Waals surface area contributed by atoms with Gasteiger partial charge in [0.2, 0.25) is 11.0 Å². The van der Waals surface area contributed by atoms with Crippen molar-refractivity contribution in [2.24, 2.45) is 0 Å². The van der Waals surface area contributed by atoms with Crippen LogP contribution in [0.25, 0.3) is 0 Å². The van der Waals surface area contributed by atoms with Crippen LogP contribution in [0, 0.1) is 0 Å². The number of amides is 1. The van der Waals surface area contributed by atoms with Gasteiger partial charge in [-0.15, -0.1) is 10.2 Å². The topological polar surface area (TPSA) is 73.3 Å². The Morgan fingerprint density at radius 1 is 1.45 bits per heavy atom. The van der Waals surface area contributed by atoms with Crippen molar-refractivity contribution in [2.75, 3.05) is 17.7 Å². The Balaban J connectivity index is 1.53. The van der Waals surface area contributed by atoms with Crippen molar-refractivity contribution >= 4 is 34.1 Å². The van der Waals surface area contributed by atoms with Crippen LogP contribution in [0.3, 0.4) is 0 Å². The molecule has 1 atom stereocenters. The lowest BCUT2D eigenvalue weighted by Gasteiger charge is -2.25. The third kappa shape index (κ3) is 3.58. The van der Waals surface area contributed by atoms with E-state index in [0.717, 1.165) is 15.8 Å². The summed E-state index contributed by atoms with van der Waals surface area (Å²) in [7, 11) is 0. The van der Waals surface area contributed by atoms with Crippen LogP contribution >= 0.6 is 23.1 Å². The van der Waals surface area contributed by atoms with E-state index in [1.54, 1.807) is 0 Å². The van der Waals surface area contributed by atoms with Crippen LogP contribution in [0.4, 0.5) is 5.13 Å². The van der Waals surface area contributed by atoms with Crippen LogP contribution in [0.5, 0.6) is 11.5 Å². The van der Waals surface area contributed by atoms with Crippen LogP contribution in [-0.4, -0.2) is 34.6 Å². The number of anilines is 1. The number of hydrogen-bond donors (Lipinski definition) is 1. The Labute approximate surface area is 135 Å². The Morgan fingerprint density at radius 2 is 2.27 bits per heavy atom. The third-order valence-corrected chi connectivity index (χ3v) is 4.89. The van der Waals surface area contributed by atoms with Gasteiger partial charge in [-0.05, 0) is 18.2 Å². The molecule has 0 spiro atoms. The van der Waals surface area contributed by atoms with Gasteiger partial charge in [0.1, 0.15) is 12.7 Å². The van der Waals surface area contributed by atoms with Crippen molar-refractivity contribution in [2.45, 2.75) is 10.4 Å². The second-order valence-electron chi connectivity index (χ2n) is 4.38. The van der Waals surface area contributed by atoms with Gasteiger partial charge in [0.05, 0.1) is 0 Å². The van der Waals surface area contributed by atoms with Gasteiger partial charge in [0.15, 0.2) is 15.8 Å². The van der Waals surface area contributed by atoms with E-state index >= 15 is 0 Å². The Morgan fingerprint density at radius 3 is 3.09 bits per heavy atom. The van der Waals surface area contributed by atoms with Crippen molar-refractivity contribution in [3.05, 3.63) is 36.9 Å². The predicted molar refractivity (Wildman–Crippen MR) is 85.8 cm³/mol. The summed E-state index contributed by atoms with van der Waals surface area (Å²) >= 11 is 2.84. The molecule has 1 aliphatic heterocycles. The second kappa shape index (κ2) is 6.80. The first kappa shape index (κ1) is 14.9. The molecule has 0 saturated heterocycles. The van der Waals surface area contributed by atoms with Gasteiger partial charge < -0.3 is 9.47 Å². The minimum absolute atomic E-state index is 0.0463. The molecule has 0 aliphatic carbocycles. The summed E-state index contributed by atoms with van der Waals surface area (Å²) in [6.45, 7) is 3.89. The van der Waals surface area contributed by atoms with Crippen molar-refractivity contribution in [1.29, 1.82) is 0 Å². The Hall–Kier alpha value is -2.06. The molecule has 0 bridgehead atoms. The number of thioether (sulfide) groups is 1. The summed E-state index contributed by atoms with van der Waals surface area (Å²) in [6, 6.07) is 7.60. The van der Waals surface area contributed by atoms with Crippen molar-refractivity contribution in [1.82, 2.24) is 10.2 Å². The van der Waals surface area contributed by atoms with Crippen LogP contribution in [0.15, 0.2) is 41.3 Å². The zero-order chi connectivity index (χ0) is 15.4. The fourth-order valence-corrected chi connectivity index (χ4v) is 3.53. The van der Waals surface area contributed by atoms with Crippen LogP contribution in [0.2, 0.25) is 0 Å². The fourth-order valence-electron chi connectivity index (χ4n) is 1.78. The van der Waals surface area contributed by atoms with Crippen LogP contribution in [-0.2, 0) is 4.79 Å². The highest BCUT2D eigenvalue weighted by molar-refractivity contribution is 8.01. The van der Waals surface area contributed by atoms with Crippen LogP contribution in [0.1, 0.15) is 0 Å². The quantitative estimate of drug-likeness (QED) is 0.514. The smallest absolute Gasteiger partial charge is 0.249 e. The van der Waals surface area contributed by atoms with E-state index in [0.29, 0.717) is 17.5 Å². The monoisotopic (exact) mass is 335 g/mol. The summed E-state index contributed by atoms with van der Waals surface area (Å²) < 4.78 is 12.3. The zero-order valence-electron chi connectivity index (χ0n) is 11.5. The number of aromatic nitrogens is 2. The van der Waals surface area contributed by atoms with Gasteiger partial charge in [-0.2, -0.15) is 0 Å². The molecule has 1 N–H and O–H groups in total. The number of benzene rings is 1. The third-order valence-electron chi connectivity index (χ3n) is 2.78. The normalized spacial score (nSPS) is 16.1. The van der Waals surface area contributed by atoms with E-state index in [1.165, 1.54) is 29.2 Å². The molecule has 3 rings (SSSR count). The minimum Gasteiger partial charge on any atom is -0.486 e. The molecule has 22 heavy (non-hydrogen) atoms. The number of rotatable bonds is 5. The summed E-state index contributed by atoms with van der Waals surface area (Å²) in [5, 5.41) is 11.0. The number of para-hydroxylation sites is 2. The molecule has 114 valence electrons. The average molecular weight is 335 g/mol. The van der Waals surface area contributed by atoms with E-state index in [4.69, 9.17) is 9.47 Å². The van der Waals surface area contributed by atoms with Crippen LogP contribution < -0.4 is 14.8 Å². The Kier molecular flexibility index (Phi) is 4.59. The molecule has 0 saturated carbocycles. The summed E-state index contributed by atoms with van der Waals surface area (Å²) in [5.74, 6) is 1.93. The number of fused-ring (bicyclic) bond motifs is 1. The SMILES string of the molecule is C=CC(=O)Nc1nnc(SCC2COc3ccccc3O2)s1. The van der Waals surface area contributed by atoms with Gasteiger partial charge in [-0.3, -0.25) is 10.1 Å². The van der Waals surface area contributed by atoms with Gasteiger partial charge >= 0.3 is 0 Å². The minimum atomic E-state index is -0.298. The molecule has 6 nitrogen and oxygen atoms in total. The number of ether oxygens (including phenoxy) is 2. The number of nitrogens with one attached hydrogen (secondary N) is 1. The molecule has 0 radical (unpaired) electrons. The van der Waals surface area contributed by atoms with Crippen molar-refractivity contribution in [3.8, 4) is 11.5 Å². The highest BCUT2D eigenvalue weighted by Gasteiger charge is 2.21. The maximum Gasteiger partial charge on any atom is 0.249 e. The second-order valence-corrected chi connectivity index (χ2v) is 6.62. The molecular weight excluding hydrogens is 322 g/mol. The average Bonchev–Trinajstić information content (AvgIpc) is 3.00. The number of carbonyl (C=O) groups is 1. The number of nitrogens with zero attached hydrogens (tertiary/aromatic N) is 2. The molecule has 8 heteroatoms. The first-order chi connectivity index (χ1) is 10.7. The standard InChI is InChI=1S/C14H13N3O3S2/c1-2-12(18)15-13-16-17-14(22-13)21-8-9-7-19-10-5-3-4-6-11(10)20-9/h2-6,9H,1,7-8H2,(H,15,16,18). The highest BCUT2D eigenvalue weighted by Crippen LogP contribution is 2.33. The van der Waals surface area contributed by atoms with E-state index in [-0.39, 0.29) is 12.0 Å². The van der Waals surface area contributed by atoms with E-state index < -0.39 is 0 Å². The summed E-state index contributed by atoms with van der Waals surface area (Å²) in [4.78, 5) is 11.2. The van der Waals surface area contributed by atoms with E-state index in [2.05, 4.69) is 22.1 Å². The molecular formula is C14H13N3O3S2. The zero-order valence-corrected chi connectivity index (χ0v) is 13.2. The summed E-state index contributed by atoms with van der Waals surface area (Å²) in [5.41, 5.74) is 0. The highest BCUT2D eigenvalue weighted by atomic mass is 32.2. The molecule has 1 aliphatic rings. The molecule has 1 aromatic carbocycles. The van der Waals surface area contributed by atoms with Gasteiger partial charge in [-0.25, -0.2) is 0 Å². The maximum atomic E-state index is 11.2. The number of carbonyl (C=O) groups excluding carboxylic acids is 1. The molecule has 1 unspecified atom stereocenters.